The lowest BCUT2D eigenvalue weighted by Crippen LogP contribution is -2.40. The van der Waals surface area contributed by atoms with E-state index in [1.807, 2.05) is 19.2 Å². The molecule has 1 aliphatic heterocycles. The number of phenolic OH excluding ortho intramolecular Hbond substituents is 1. The summed E-state index contributed by atoms with van der Waals surface area (Å²) in [5.74, 6) is 2.05. The molecule has 0 radical (unpaired) electrons. The van der Waals surface area contributed by atoms with E-state index in [9.17, 15) is 5.11 Å². The van der Waals surface area contributed by atoms with E-state index in [-0.39, 0.29) is 0 Å². The van der Waals surface area contributed by atoms with Crippen LogP contribution in [0.25, 0.3) is 0 Å². The SMILES string of the molecule is CN=C(NCCCc1ccc(O)cc1)N1CCC(Cc2ccccc2)C1. The Kier molecular flexibility index (Phi) is 6.53. The van der Waals surface area contributed by atoms with Crippen LogP contribution >= 0.6 is 0 Å². The van der Waals surface area contributed by atoms with Gasteiger partial charge in [0.2, 0.25) is 0 Å². The number of hydrogen-bond acceptors (Lipinski definition) is 2. The van der Waals surface area contributed by atoms with Crippen molar-refractivity contribution in [2.24, 2.45) is 10.9 Å². The molecule has 0 spiro atoms. The van der Waals surface area contributed by atoms with Gasteiger partial charge in [0, 0.05) is 26.7 Å². The van der Waals surface area contributed by atoms with Gasteiger partial charge in [0.15, 0.2) is 5.96 Å². The Labute approximate surface area is 156 Å². The third-order valence-corrected chi connectivity index (χ3v) is 5.03. The van der Waals surface area contributed by atoms with Crippen LogP contribution in [-0.4, -0.2) is 42.6 Å². The van der Waals surface area contributed by atoms with Gasteiger partial charge in [-0.2, -0.15) is 0 Å². The Hall–Kier alpha value is -2.49. The molecule has 138 valence electrons. The van der Waals surface area contributed by atoms with E-state index >= 15 is 0 Å². The van der Waals surface area contributed by atoms with Crippen molar-refractivity contribution < 1.29 is 5.11 Å². The maximum Gasteiger partial charge on any atom is 0.193 e. The molecule has 4 nitrogen and oxygen atoms in total. The Morgan fingerprint density at radius 2 is 1.88 bits per heavy atom. The van der Waals surface area contributed by atoms with E-state index in [1.165, 1.54) is 17.5 Å². The molecule has 0 amide bonds. The zero-order valence-corrected chi connectivity index (χ0v) is 15.6. The number of aromatic hydroxyl groups is 1. The summed E-state index contributed by atoms with van der Waals surface area (Å²) in [7, 11) is 1.87. The summed E-state index contributed by atoms with van der Waals surface area (Å²) in [6.07, 6.45) is 4.42. The molecule has 1 atom stereocenters. The first-order valence-electron chi connectivity index (χ1n) is 9.52. The van der Waals surface area contributed by atoms with E-state index in [0.29, 0.717) is 11.7 Å². The van der Waals surface area contributed by atoms with Crippen LogP contribution in [-0.2, 0) is 12.8 Å². The van der Waals surface area contributed by atoms with Gasteiger partial charge in [-0.15, -0.1) is 0 Å². The van der Waals surface area contributed by atoms with E-state index in [0.717, 1.165) is 44.9 Å². The van der Waals surface area contributed by atoms with Crippen LogP contribution in [0.2, 0.25) is 0 Å². The summed E-state index contributed by atoms with van der Waals surface area (Å²) >= 11 is 0. The molecule has 0 bridgehead atoms. The van der Waals surface area contributed by atoms with Crippen molar-refractivity contribution in [1.82, 2.24) is 10.2 Å². The minimum atomic E-state index is 0.325. The quantitative estimate of drug-likeness (QED) is 0.476. The van der Waals surface area contributed by atoms with Gasteiger partial charge < -0.3 is 15.3 Å². The molecule has 2 aromatic rings. The largest absolute Gasteiger partial charge is 0.508 e. The Balaban J connectivity index is 1.41. The average molecular weight is 351 g/mol. The van der Waals surface area contributed by atoms with Crippen molar-refractivity contribution in [3.05, 3.63) is 65.7 Å². The van der Waals surface area contributed by atoms with Crippen molar-refractivity contribution in [1.29, 1.82) is 0 Å². The second-order valence-electron chi connectivity index (χ2n) is 7.03. The average Bonchev–Trinajstić information content (AvgIpc) is 3.12. The highest BCUT2D eigenvalue weighted by Crippen LogP contribution is 2.20. The van der Waals surface area contributed by atoms with Crippen molar-refractivity contribution >= 4 is 5.96 Å². The number of likely N-dealkylation sites (tertiary alicyclic amines) is 1. The molecule has 1 aliphatic rings. The number of rotatable bonds is 6. The third kappa shape index (κ3) is 5.25. The minimum Gasteiger partial charge on any atom is -0.508 e. The fourth-order valence-electron chi connectivity index (χ4n) is 3.63. The molecule has 0 saturated carbocycles. The highest BCUT2D eigenvalue weighted by Gasteiger charge is 2.24. The van der Waals surface area contributed by atoms with Crippen molar-refractivity contribution in [3.8, 4) is 5.75 Å². The maximum absolute atomic E-state index is 9.34. The summed E-state index contributed by atoms with van der Waals surface area (Å²) in [5.41, 5.74) is 2.68. The first-order chi connectivity index (χ1) is 12.7. The van der Waals surface area contributed by atoms with E-state index in [2.05, 4.69) is 45.5 Å². The zero-order valence-electron chi connectivity index (χ0n) is 15.6. The van der Waals surface area contributed by atoms with Crippen molar-refractivity contribution in [3.63, 3.8) is 0 Å². The monoisotopic (exact) mass is 351 g/mol. The second-order valence-corrected chi connectivity index (χ2v) is 7.03. The van der Waals surface area contributed by atoms with E-state index in [4.69, 9.17) is 0 Å². The smallest absolute Gasteiger partial charge is 0.193 e. The number of aliphatic imine (C=N–C) groups is 1. The van der Waals surface area contributed by atoms with Gasteiger partial charge in [-0.3, -0.25) is 4.99 Å². The predicted octanol–water partition coefficient (Wildman–Crippen LogP) is 3.46. The minimum absolute atomic E-state index is 0.325. The molecule has 0 aromatic heterocycles. The van der Waals surface area contributed by atoms with Gasteiger partial charge in [-0.05, 0) is 54.9 Å². The molecule has 0 aliphatic carbocycles. The van der Waals surface area contributed by atoms with Crippen LogP contribution in [0.15, 0.2) is 59.6 Å². The van der Waals surface area contributed by atoms with Gasteiger partial charge in [0.1, 0.15) is 5.75 Å². The first kappa shape index (κ1) is 18.3. The molecule has 4 heteroatoms. The fourth-order valence-corrected chi connectivity index (χ4v) is 3.63. The number of hydrogen-bond donors (Lipinski definition) is 2. The van der Waals surface area contributed by atoms with E-state index in [1.54, 1.807) is 12.1 Å². The molecule has 2 aromatic carbocycles. The summed E-state index contributed by atoms with van der Waals surface area (Å²) < 4.78 is 0. The van der Waals surface area contributed by atoms with Crippen LogP contribution in [0, 0.1) is 5.92 Å². The molecule has 3 rings (SSSR count). The summed E-state index contributed by atoms with van der Waals surface area (Å²) in [4.78, 5) is 6.85. The Morgan fingerprint density at radius 3 is 2.62 bits per heavy atom. The molecule has 1 heterocycles. The first-order valence-corrected chi connectivity index (χ1v) is 9.52. The second kappa shape index (κ2) is 9.27. The van der Waals surface area contributed by atoms with Crippen LogP contribution in [0.1, 0.15) is 24.0 Å². The molecule has 1 saturated heterocycles. The molecule has 2 N–H and O–H groups in total. The van der Waals surface area contributed by atoms with Gasteiger partial charge >= 0.3 is 0 Å². The van der Waals surface area contributed by atoms with E-state index < -0.39 is 0 Å². The highest BCUT2D eigenvalue weighted by molar-refractivity contribution is 5.80. The summed E-state index contributed by atoms with van der Waals surface area (Å²) in [5, 5.41) is 12.8. The van der Waals surface area contributed by atoms with Crippen molar-refractivity contribution in [2.45, 2.75) is 25.7 Å². The van der Waals surface area contributed by atoms with Gasteiger partial charge in [-0.25, -0.2) is 0 Å². The number of nitrogens with one attached hydrogen (secondary N) is 1. The summed E-state index contributed by atoms with van der Waals surface area (Å²) in [6.45, 7) is 3.06. The molecule has 1 unspecified atom stereocenters. The van der Waals surface area contributed by atoms with Gasteiger partial charge in [-0.1, -0.05) is 42.5 Å². The normalized spacial score (nSPS) is 17.5. The number of phenols is 1. The Morgan fingerprint density at radius 1 is 1.12 bits per heavy atom. The molecular formula is C22H29N3O. The molecule has 1 fully saturated rings. The number of guanidine groups is 1. The van der Waals surface area contributed by atoms with Crippen LogP contribution < -0.4 is 5.32 Å². The van der Waals surface area contributed by atoms with Crippen molar-refractivity contribution in [2.75, 3.05) is 26.7 Å². The topological polar surface area (TPSA) is 47.9 Å². The molecule has 26 heavy (non-hydrogen) atoms. The zero-order chi connectivity index (χ0) is 18.2. The number of aryl methyl sites for hydroxylation is 1. The fraction of sp³-hybridized carbons (Fsp3) is 0.409. The van der Waals surface area contributed by atoms with Crippen LogP contribution in [0.4, 0.5) is 0 Å². The van der Waals surface area contributed by atoms with Crippen LogP contribution in [0.5, 0.6) is 5.75 Å². The van der Waals surface area contributed by atoms with Crippen LogP contribution in [0.3, 0.4) is 0 Å². The highest BCUT2D eigenvalue weighted by atomic mass is 16.3. The van der Waals surface area contributed by atoms with Gasteiger partial charge in [0.05, 0.1) is 0 Å². The lowest BCUT2D eigenvalue weighted by Gasteiger charge is -2.21. The lowest BCUT2D eigenvalue weighted by atomic mass is 9.99. The number of benzene rings is 2. The predicted molar refractivity (Wildman–Crippen MR) is 108 cm³/mol. The number of nitrogens with zero attached hydrogens (tertiary/aromatic N) is 2. The standard InChI is InChI=1S/C22H29N3O/c1-23-22(24-14-5-8-18-9-11-21(26)12-10-18)25-15-13-20(17-25)16-19-6-3-2-4-7-19/h2-4,6-7,9-12,20,26H,5,8,13-17H2,1H3,(H,23,24). The third-order valence-electron chi connectivity index (χ3n) is 5.03. The Bertz CT molecular complexity index is 697. The lowest BCUT2D eigenvalue weighted by molar-refractivity contribution is 0.459. The molecular weight excluding hydrogens is 322 g/mol. The summed E-state index contributed by atoms with van der Waals surface area (Å²) in [6, 6.07) is 18.2. The maximum atomic E-state index is 9.34. The van der Waals surface area contributed by atoms with Gasteiger partial charge in [0.25, 0.3) is 0 Å².